The van der Waals surface area contributed by atoms with Gasteiger partial charge in [-0.25, -0.2) is 14.4 Å². The Bertz CT molecular complexity index is 760. The minimum absolute atomic E-state index is 0.100. The number of aromatic nitrogens is 3. The molecule has 0 bridgehead atoms. The van der Waals surface area contributed by atoms with Gasteiger partial charge in [-0.05, 0) is 13.0 Å². The second-order valence-electron chi connectivity index (χ2n) is 5.36. The molecule has 0 radical (unpaired) electrons. The summed E-state index contributed by atoms with van der Waals surface area (Å²) in [6.07, 6.45) is 1.83. The molecule has 3 rings (SSSR count). The lowest BCUT2D eigenvalue weighted by Gasteiger charge is -2.27. The first-order chi connectivity index (χ1) is 10.6. The van der Waals surface area contributed by atoms with E-state index in [2.05, 4.69) is 19.9 Å². The summed E-state index contributed by atoms with van der Waals surface area (Å²) in [4.78, 5) is 25.1. The van der Waals surface area contributed by atoms with Gasteiger partial charge >= 0.3 is 0 Å². The summed E-state index contributed by atoms with van der Waals surface area (Å²) in [6.45, 7) is 3.48. The fourth-order valence-electron chi connectivity index (χ4n) is 2.75. The van der Waals surface area contributed by atoms with Gasteiger partial charge in [0, 0.05) is 31.6 Å². The number of pyridine rings is 1. The molecule has 116 valence electrons. The van der Waals surface area contributed by atoms with Gasteiger partial charge in [0.05, 0.1) is 24.6 Å². The quantitative estimate of drug-likeness (QED) is 0.922. The van der Waals surface area contributed by atoms with E-state index in [-0.39, 0.29) is 5.56 Å². The Balaban J connectivity index is 1.84. The van der Waals surface area contributed by atoms with Crippen LogP contribution in [0.25, 0.3) is 0 Å². The van der Waals surface area contributed by atoms with Crippen LogP contribution >= 0.6 is 0 Å². The van der Waals surface area contributed by atoms with Gasteiger partial charge in [-0.1, -0.05) is 0 Å². The Kier molecular flexibility index (Phi) is 3.89. The van der Waals surface area contributed by atoms with Crippen molar-refractivity contribution in [3.05, 3.63) is 51.1 Å². The highest BCUT2D eigenvalue weighted by atomic mass is 19.1. The fraction of sp³-hybridized carbons (Fsp3) is 0.400. The number of fused-ring (bicyclic) bond motifs is 1. The summed E-state index contributed by atoms with van der Waals surface area (Å²) in [5.74, 6) is 0.639. The number of nitrogens with one attached hydrogen (secondary N) is 1. The minimum Gasteiger partial charge on any atom is -0.481 e. The van der Waals surface area contributed by atoms with E-state index in [1.54, 1.807) is 6.92 Å². The van der Waals surface area contributed by atoms with Crippen molar-refractivity contribution in [2.24, 2.45) is 0 Å². The molecule has 1 N–H and O–H groups in total. The molecule has 6 nitrogen and oxygen atoms in total. The number of ether oxygens (including phenoxy) is 1. The van der Waals surface area contributed by atoms with E-state index in [0.29, 0.717) is 42.3 Å². The van der Waals surface area contributed by atoms with Crippen LogP contribution in [0, 0.1) is 12.7 Å². The summed E-state index contributed by atoms with van der Waals surface area (Å²) in [5, 5.41) is 0. The molecule has 0 aromatic carbocycles. The summed E-state index contributed by atoms with van der Waals surface area (Å²) >= 11 is 0. The normalized spacial score (nSPS) is 14.7. The maximum atomic E-state index is 13.4. The molecule has 0 saturated heterocycles. The van der Waals surface area contributed by atoms with Crippen LogP contribution in [0.15, 0.2) is 17.1 Å². The van der Waals surface area contributed by atoms with Gasteiger partial charge in [0.25, 0.3) is 5.56 Å². The first kappa shape index (κ1) is 14.6. The summed E-state index contributed by atoms with van der Waals surface area (Å²) < 4.78 is 18.5. The first-order valence-corrected chi connectivity index (χ1v) is 7.06. The number of hydrogen-bond acceptors (Lipinski definition) is 5. The second kappa shape index (κ2) is 5.84. The van der Waals surface area contributed by atoms with Gasteiger partial charge in [0.15, 0.2) is 0 Å². The van der Waals surface area contributed by atoms with Crippen LogP contribution in [-0.2, 0) is 19.5 Å². The number of methoxy groups -OCH3 is 1. The topological polar surface area (TPSA) is 71.1 Å². The predicted octanol–water partition coefficient (Wildman–Crippen LogP) is 1.18. The largest absolute Gasteiger partial charge is 0.481 e. The summed E-state index contributed by atoms with van der Waals surface area (Å²) in [7, 11) is 1.51. The third-order valence-corrected chi connectivity index (χ3v) is 3.75. The van der Waals surface area contributed by atoms with Crippen LogP contribution < -0.4 is 10.3 Å². The molecule has 0 amide bonds. The van der Waals surface area contributed by atoms with Crippen molar-refractivity contribution in [2.45, 2.75) is 26.4 Å². The second-order valence-corrected chi connectivity index (χ2v) is 5.36. The Hall–Kier alpha value is -2.28. The summed E-state index contributed by atoms with van der Waals surface area (Å²) in [5.41, 5.74) is 2.10. The van der Waals surface area contributed by atoms with Crippen LogP contribution in [0.1, 0.15) is 22.6 Å². The van der Waals surface area contributed by atoms with Crippen molar-refractivity contribution in [2.75, 3.05) is 13.7 Å². The smallest absolute Gasteiger partial charge is 0.255 e. The molecule has 3 heterocycles. The molecule has 7 heteroatoms. The van der Waals surface area contributed by atoms with Crippen LogP contribution in [0.4, 0.5) is 4.39 Å². The zero-order valence-electron chi connectivity index (χ0n) is 12.5. The maximum Gasteiger partial charge on any atom is 0.255 e. The Morgan fingerprint density at radius 3 is 3.09 bits per heavy atom. The molecule has 0 aliphatic carbocycles. The van der Waals surface area contributed by atoms with E-state index in [0.717, 1.165) is 18.4 Å². The van der Waals surface area contributed by atoms with Crippen LogP contribution in [0.2, 0.25) is 0 Å². The SMILES string of the molecule is COc1ncc(F)cc1CN1CCc2nc(C)[nH]c(=O)c2C1. The van der Waals surface area contributed by atoms with Gasteiger partial charge in [-0.2, -0.15) is 0 Å². The van der Waals surface area contributed by atoms with Crippen molar-refractivity contribution < 1.29 is 9.13 Å². The van der Waals surface area contributed by atoms with Crippen molar-refractivity contribution in [3.8, 4) is 5.88 Å². The average molecular weight is 304 g/mol. The molecule has 0 fully saturated rings. The van der Waals surface area contributed by atoms with Crippen LogP contribution in [-0.4, -0.2) is 33.5 Å². The molecular weight excluding hydrogens is 287 g/mol. The number of halogens is 1. The molecule has 1 aliphatic heterocycles. The third kappa shape index (κ3) is 2.85. The van der Waals surface area contributed by atoms with Gasteiger partial charge in [-0.15, -0.1) is 0 Å². The standard InChI is InChI=1S/C15H17FN4O2/c1-9-18-13-3-4-20(8-12(13)14(21)19-9)7-10-5-11(16)6-17-15(10)22-2/h5-6H,3-4,7-8H2,1-2H3,(H,18,19,21). The highest BCUT2D eigenvalue weighted by Gasteiger charge is 2.22. The monoisotopic (exact) mass is 304 g/mol. The molecular formula is C15H17FN4O2. The minimum atomic E-state index is -0.400. The van der Waals surface area contributed by atoms with Crippen molar-refractivity contribution in [1.82, 2.24) is 19.9 Å². The van der Waals surface area contributed by atoms with Gasteiger partial charge in [-0.3, -0.25) is 9.69 Å². The zero-order chi connectivity index (χ0) is 15.7. The van der Waals surface area contributed by atoms with E-state index in [4.69, 9.17) is 4.74 Å². The van der Waals surface area contributed by atoms with Crippen LogP contribution in [0.3, 0.4) is 0 Å². The van der Waals surface area contributed by atoms with E-state index >= 15 is 0 Å². The number of nitrogens with zero attached hydrogens (tertiary/aromatic N) is 3. The summed E-state index contributed by atoms with van der Waals surface area (Å²) in [6, 6.07) is 1.42. The van der Waals surface area contributed by atoms with Gasteiger partial charge < -0.3 is 9.72 Å². The molecule has 0 spiro atoms. The first-order valence-electron chi connectivity index (χ1n) is 7.06. The van der Waals surface area contributed by atoms with Crippen molar-refractivity contribution >= 4 is 0 Å². The lowest BCUT2D eigenvalue weighted by molar-refractivity contribution is 0.236. The number of rotatable bonds is 3. The molecule has 22 heavy (non-hydrogen) atoms. The number of H-pyrrole nitrogens is 1. The number of hydrogen-bond donors (Lipinski definition) is 1. The predicted molar refractivity (Wildman–Crippen MR) is 78.2 cm³/mol. The Morgan fingerprint density at radius 1 is 1.50 bits per heavy atom. The highest BCUT2D eigenvalue weighted by Crippen LogP contribution is 2.21. The molecule has 2 aromatic heterocycles. The fourth-order valence-corrected chi connectivity index (χ4v) is 2.75. The molecule has 2 aromatic rings. The Morgan fingerprint density at radius 2 is 2.32 bits per heavy atom. The molecule has 0 unspecified atom stereocenters. The van der Waals surface area contributed by atoms with Gasteiger partial charge in [0.1, 0.15) is 11.6 Å². The van der Waals surface area contributed by atoms with Crippen molar-refractivity contribution in [3.63, 3.8) is 0 Å². The van der Waals surface area contributed by atoms with E-state index in [9.17, 15) is 9.18 Å². The third-order valence-electron chi connectivity index (χ3n) is 3.75. The molecule has 1 aliphatic rings. The van der Waals surface area contributed by atoms with Crippen molar-refractivity contribution in [1.29, 1.82) is 0 Å². The maximum absolute atomic E-state index is 13.4. The van der Waals surface area contributed by atoms with Crippen LogP contribution in [0.5, 0.6) is 5.88 Å². The van der Waals surface area contributed by atoms with E-state index < -0.39 is 5.82 Å². The number of aryl methyl sites for hydroxylation is 1. The zero-order valence-corrected chi connectivity index (χ0v) is 12.5. The number of aromatic amines is 1. The lowest BCUT2D eigenvalue weighted by atomic mass is 10.1. The van der Waals surface area contributed by atoms with E-state index in [1.165, 1.54) is 13.2 Å². The average Bonchev–Trinajstić information content (AvgIpc) is 2.48. The highest BCUT2D eigenvalue weighted by molar-refractivity contribution is 5.27. The molecule has 0 atom stereocenters. The Labute approximate surface area is 127 Å². The molecule has 0 saturated carbocycles. The lowest BCUT2D eigenvalue weighted by Crippen LogP contribution is -2.35. The van der Waals surface area contributed by atoms with E-state index in [1.807, 2.05) is 0 Å². The van der Waals surface area contributed by atoms with Gasteiger partial charge in [0.2, 0.25) is 5.88 Å².